The molecule has 0 aliphatic rings. The monoisotopic (exact) mass is 321 g/mol. The molecule has 5 heteroatoms. The number of carbonyl (C=O) groups excluding carboxylic acids is 1. The van der Waals surface area contributed by atoms with Gasteiger partial charge >= 0.3 is 0 Å². The van der Waals surface area contributed by atoms with E-state index in [0.717, 1.165) is 25.3 Å². The number of hydrogen-bond acceptors (Lipinski definition) is 3. The van der Waals surface area contributed by atoms with E-state index in [1.54, 1.807) is 0 Å². The Morgan fingerprint density at radius 1 is 0.952 bits per heavy atom. The summed E-state index contributed by atoms with van der Waals surface area (Å²) in [6, 6.07) is 0. The summed E-state index contributed by atoms with van der Waals surface area (Å²) >= 11 is 5.60. The lowest BCUT2D eigenvalue weighted by Crippen LogP contribution is -2.34. The predicted molar refractivity (Wildman–Crippen MR) is 87.8 cm³/mol. The topological polar surface area (TPSA) is 47.6 Å². The molecular formula is C16H32ClNO3. The molecule has 1 atom stereocenters. The summed E-state index contributed by atoms with van der Waals surface area (Å²) in [5, 5.41) is 2.88. The van der Waals surface area contributed by atoms with Crippen LogP contribution in [0.2, 0.25) is 0 Å². The third-order valence-electron chi connectivity index (χ3n) is 3.50. The molecule has 0 saturated carbocycles. The van der Waals surface area contributed by atoms with Crippen LogP contribution in [0, 0.1) is 11.8 Å². The Balaban J connectivity index is 3.21. The number of alkyl halides is 1. The molecule has 0 spiro atoms. The SMILES string of the molecule is CC(C)C(C)C(=O)NCCOCCOCCCCCCCl. The van der Waals surface area contributed by atoms with Crippen molar-refractivity contribution in [3.8, 4) is 0 Å². The first-order chi connectivity index (χ1) is 10.1. The van der Waals surface area contributed by atoms with Gasteiger partial charge in [-0.3, -0.25) is 4.79 Å². The van der Waals surface area contributed by atoms with Gasteiger partial charge in [0.25, 0.3) is 0 Å². The van der Waals surface area contributed by atoms with Gasteiger partial charge in [-0.15, -0.1) is 11.6 Å². The van der Waals surface area contributed by atoms with Gasteiger partial charge in [0.2, 0.25) is 5.91 Å². The zero-order chi connectivity index (χ0) is 15.9. The zero-order valence-corrected chi connectivity index (χ0v) is 14.6. The average molecular weight is 322 g/mol. The minimum absolute atomic E-state index is 0.0483. The molecule has 0 aromatic rings. The third-order valence-corrected chi connectivity index (χ3v) is 3.77. The molecule has 1 unspecified atom stereocenters. The number of ether oxygens (including phenoxy) is 2. The summed E-state index contributed by atoms with van der Waals surface area (Å²) in [5.74, 6) is 1.26. The first-order valence-corrected chi connectivity index (χ1v) is 8.62. The second-order valence-electron chi connectivity index (χ2n) is 5.65. The first-order valence-electron chi connectivity index (χ1n) is 8.08. The lowest BCUT2D eigenvalue weighted by Gasteiger charge is -2.15. The van der Waals surface area contributed by atoms with Crippen molar-refractivity contribution in [2.45, 2.75) is 46.5 Å². The van der Waals surface area contributed by atoms with Crippen LogP contribution in [0.1, 0.15) is 46.5 Å². The molecule has 0 rings (SSSR count). The van der Waals surface area contributed by atoms with Crippen molar-refractivity contribution in [2.75, 3.05) is 38.9 Å². The number of unbranched alkanes of at least 4 members (excludes halogenated alkanes) is 3. The van der Waals surface area contributed by atoms with Gasteiger partial charge in [0, 0.05) is 24.9 Å². The van der Waals surface area contributed by atoms with Gasteiger partial charge in [0.05, 0.1) is 19.8 Å². The quantitative estimate of drug-likeness (QED) is 0.395. The minimum Gasteiger partial charge on any atom is -0.379 e. The van der Waals surface area contributed by atoms with E-state index in [-0.39, 0.29) is 11.8 Å². The fraction of sp³-hybridized carbons (Fsp3) is 0.938. The molecule has 4 nitrogen and oxygen atoms in total. The molecule has 21 heavy (non-hydrogen) atoms. The molecule has 0 aliphatic carbocycles. The van der Waals surface area contributed by atoms with E-state index in [9.17, 15) is 4.79 Å². The van der Waals surface area contributed by atoms with E-state index < -0.39 is 0 Å². The Labute approximate surface area is 134 Å². The van der Waals surface area contributed by atoms with Gasteiger partial charge < -0.3 is 14.8 Å². The van der Waals surface area contributed by atoms with Crippen molar-refractivity contribution < 1.29 is 14.3 Å². The smallest absolute Gasteiger partial charge is 0.223 e. The van der Waals surface area contributed by atoms with Gasteiger partial charge in [0.15, 0.2) is 0 Å². The van der Waals surface area contributed by atoms with Gasteiger partial charge in [-0.05, 0) is 18.8 Å². The summed E-state index contributed by atoms with van der Waals surface area (Å²) in [6.45, 7) is 9.13. The summed E-state index contributed by atoms with van der Waals surface area (Å²) in [5.41, 5.74) is 0. The Bertz CT molecular complexity index is 250. The second-order valence-corrected chi connectivity index (χ2v) is 6.03. The molecule has 0 saturated heterocycles. The Morgan fingerprint density at radius 2 is 1.57 bits per heavy atom. The van der Waals surface area contributed by atoms with Gasteiger partial charge in [-0.25, -0.2) is 0 Å². The molecular weight excluding hydrogens is 290 g/mol. The second kappa shape index (κ2) is 14.6. The summed E-state index contributed by atoms with van der Waals surface area (Å²) in [7, 11) is 0. The van der Waals surface area contributed by atoms with Crippen molar-refractivity contribution in [3.05, 3.63) is 0 Å². The van der Waals surface area contributed by atoms with E-state index in [2.05, 4.69) is 5.32 Å². The molecule has 0 aliphatic heterocycles. The van der Waals surface area contributed by atoms with E-state index in [4.69, 9.17) is 21.1 Å². The van der Waals surface area contributed by atoms with Crippen LogP contribution in [0.15, 0.2) is 0 Å². The van der Waals surface area contributed by atoms with Crippen LogP contribution in [-0.4, -0.2) is 44.8 Å². The number of halogens is 1. The Morgan fingerprint density at radius 3 is 2.19 bits per heavy atom. The lowest BCUT2D eigenvalue weighted by molar-refractivity contribution is -0.125. The molecule has 0 aromatic carbocycles. The number of rotatable bonds is 14. The predicted octanol–water partition coefficient (Wildman–Crippen LogP) is 3.23. The van der Waals surface area contributed by atoms with Crippen LogP contribution in [0.3, 0.4) is 0 Å². The van der Waals surface area contributed by atoms with Gasteiger partial charge in [-0.2, -0.15) is 0 Å². The summed E-state index contributed by atoms with van der Waals surface area (Å²) < 4.78 is 10.9. The van der Waals surface area contributed by atoms with Gasteiger partial charge in [0.1, 0.15) is 0 Å². The number of amides is 1. The fourth-order valence-corrected chi connectivity index (χ4v) is 1.87. The van der Waals surface area contributed by atoms with Crippen LogP contribution < -0.4 is 5.32 Å². The molecule has 0 radical (unpaired) electrons. The molecule has 0 bridgehead atoms. The normalized spacial score (nSPS) is 12.6. The average Bonchev–Trinajstić information content (AvgIpc) is 2.47. The Kier molecular flexibility index (Phi) is 14.4. The molecule has 0 heterocycles. The van der Waals surface area contributed by atoms with E-state index in [1.807, 2.05) is 20.8 Å². The van der Waals surface area contributed by atoms with E-state index in [1.165, 1.54) is 12.8 Å². The molecule has 0 fully saturated rings. The van der Waals surface area contributed by atoms with Crippen molar-refractivity contribution in [3.63, 3.8) is 0 Å². The van der Waals surface area contributed by atoms with Crippen LogP contribution in [-0.2, 0) is 14.3 Å². The third kappa shape index (κ3) is 13.1. The number of carbonyl (C=O) groups is 1. The number of nitrogens with one attached hydrogen (secondary N) is 1. The van der Waals surface area contributed by atoms with Crippen LogP contribution >= 0.6 is 11.6 Å². The van der Waals surface area contributed by atoms with E-state index >= 15 is 0 Å². The fourth-order valence-electron chi connectivity index (χ4n) is 1.68. The standard InChI is InChI=1S/C16H32ClNO3/c1-14(2)15(3)16(19)18-9-11-21-13-12-20-10-7-5-4-6-8-17/h14-15H,4-13H2,1-3H3,(H,18,19). The van der Waals surface area contributed by atoms with E-state index in [0.29, 0.717) is 32.3 Å². The van der Waals surface area contributed by atoms with Crippen molar-refractivity contribution in [2.24, 2.45) is 11.8 Å². The summed E-state index contributed by atoms with van der Waals surface area (Å²) in [4.78, 5) is 11.7. The highest BCUT2D eigenvalue weighted by atomic mass is 35.5. The highest BCUT2D eigenvalue weighted by Crippen LogP contribution is 2.08. The van der Waals surface area contributed by atoms with Crippen LogP contribution in [0.5, 0.6) is 0 Å². The largest absolute Gasteiger partial charge is 0.379 e. The molecule has 1 amide bonds. The molecule has 0 aromatic heterocycles. The maximum Gasteiger partial charge on any atom is 0.223 e. The minimum atomic E-state index is 0.0483. The highest BCUT2D eigenvalue weighted by molar-refractivity contribution is 6.17. The Hall–Kier alpha value is -0.320. The number of hydrogen-bond donors (Lipinski definition) is 1. The molecule has 1 N–H and O–H groups in total. The van der Waals surface area contributed by atoms with Crippen molar-refractivity contribution in [1.82, 2.24) is 5.32 Å². The maximum absolute atomic E-state index is 11.7. The van der Waals surface area contributed by atoms with Crippen molar-refractivity contribution >= 4 is 17.5 Å². The zero-order valence-electron chi connectivity index (χ0n) is 13.8. The highest BCUT2D eigenvalue weighted by Gasteiger charge is 2.15. The van der Waals surface area contributed by atoms with Crippen LogP contribution in [0.4, 0.5) is 0 Å². The first kappa shape index (κ1) is 20.7. The maximum atomic E-state index is 11.7. The summed E-state index contributed by atoms with van der Waals surface area (Å²) in [6.07, 6.45) is 4.53. The lowest BCUT2D eigenvalue weighted by atomic mass is 9.97. The van der Waals surface area contributed by atoms with Crippen LogP contribution in [0.25, 0.3) is 0 Å². The van der Waals surface area contributed by atoms with Gasteiger partial charge in [-0.1, -0.05) is 33.6 Å². The molecule has 126 valence electrons. The van der Waals surface area contributed by atoms with Crippen molar-refractivity contribution in [1.29, 1.82) is 0 Å².